The maximum Gasteiger partial charge on any atom is 0.339 e. The minimum Gasteiger partial charge on any atom is -0.507 e. The van der Waals surface area contributed by atoms with Crippen molar-refractivity contribution in [2.24, 2.45) is 0 Å². The van der Waals surface area contributed by atoms with Gasteiger partial charge in [-0.25, -0.2) is 4.79 Å². The zero-order chi connectivity index (χ0) is 15.1. The summed E-state index contributed by atoms with van der Waals surface area (Å²) in [7, 11) is 0. The number of carboxylic acids is 1. The van der Waals surface area contributed by atoms with Crippen LogP contribution >= 0.6 is 27.3 Å². The predicted octanol–water partition coefficient (Wildman–Crippen LogP) is 3.73. The minimum atomic E-state index is -1.19. The lowest BCUT2D eigenvalue weighted by molar-refractivity contribution is 0.0694. The van der Waals surface area contributed by atoms with E-state index in [1.807, 2.05) is 6.07 Å². The van der Waals surface area contributed by atoms with Gasteiger partial charge in [-0.1, -0.05) is 0 Å². The molecule has 0 unspecified atom stereocenters. The highest BCUT2D eigenvalue weighted by molar-refractivity contribution is 9.11. The molecule has 0 aliphatic rings. The van der Waals surface area contributed by atoms with Crippen molar-refractivity contribution in [3.05, 3.63) is 45.4 Å². The fraction of sp³-hybridized carbons (Fsp3) is 0. The number of phenols is 1. The number of nitriles is 1. The van der Waals surface area contributed by atoms with E-state index < -0.39 is 5.97 Å². The maximum atomic E-state index is 10.9. The molecule has 2 aromatic heterocycles. The van der Waals surface area contributed by atoms with Crippen molar-refractivity contribution in [3.8, 4) is 17.5 Å². The molecule has 3 rings (SSSR count). The lowest BCUT2D eigenvalue weighted by atomic mass is 10.2. The van der Waals surface area contributed by atoms with Crippen molar-refractivity contribution in [3.63, 3.8) is 0 Å². The number of aromatic carboxylic acids is 1. The van der Waals surface area contributed by atoms with E-state index >= 15 is 0 Å². The smallest absolute Gasteiger partial charge is 0.339 e. The van der Waals surface area contributed by atoms with Gasteiger partial charge in [-0.3, -0.25) is 0 Å². The van der Waals surface area contributed by atoms with E-state index in [2.05, 4.69) is 22.0 Å². The average molecular weight is 363 g/mol. The van der Waals surface area contributed by atoms with Crippen LogP contribution in [-0.4, -0.2) is 20.7 Å². The zero-order valence-corrected chi connectivity index (χ0v) is 12.8. The molecule has 3 aromatic rings. The Morgan fingerprint density at radius 1 is 1.38 bits per heavy atom. The van der Waals surface area contributed by atoms with Crippen molar-refractivity contribution in [1.82, 2.24) is 4.57 Å². The normalized spacial score (nSPS) is 10.7. The average Bonchev–Trinajstić information content (AvgIpc) is 2.95. The number of nitrogens with zero attached hydrogens (tertiary/aromatic N) is 2. The SMILES string of the molecule is N#Cc1cn(-c2ccc(C(=O)O)c(O)c2)c2sc(Br)cc12. The van der Waals surface area contributed by atoms with Crippen LogP contribution in [0.4, 0.5) is 0 Å². The van der Waals surface area contributed by atoms with Gasteiger partial charge in [-0.15, -0.1) is 11.3 Å². The first-order valence-electron chi connectivity index (χ1n) is 5.78. The number of halogens is 1. The molecule has 2 N–H and O–H groups in total. The van der Waals surface area contributed by atoms with Gasteiger partial charge in [-0.05, 0) is 34.1 Å². The third-order valence-electron chi connectivity index (χ3n) is 3.06. The van der Waals surface area contributed by atoms with Gasteiger partial charge >= 0.3 is 5.97 Å². The monoisotopic (exact) mass is 362 g/mol. The van der Waals surface area contributed by atoms with Crippen LogP contribution in [0.25, 0.3) is 15.9 Å². The first-order valence-corrected chi connectivity index (χ1v) is 7.39. The second-order valence-corrected chi connectivity index (χ2v) is 6.71. The number of rotatable bonds is 2. The van der Waals surface area contributed by atoms with E-state index in [0.717, 1.165) is 14.0 Å². The summed E-state index contributed by atoms with van der Waals surface area (Å²) in [6.07, 6.45) is 1.67. The quantitative estimate of drug-likeness (QED) is 0.726. The van der Waals surface area contributed by atoms with E-state index in [4.69, 9.17) is 5.11 Å². The van der Waals surface area contributed by atoms with E-state index in [9.17, 15) is 15.2 Å². The molecule has 0 saturated carbocycles. The zero-order valence-electron chi connectivity index (χ0n) is 10.4. The van der Waals surface area contributed by atoms with Gasteiger partial charge in [0, 0.05) is 17.6 Å². The van der Waals surface area contributed by atoms with Crippen LogP contribution in [0.3, 0.4) is 0 Å². The Morgan fingerprint density at radius 3 is 2.76 bits per heavy atom. The molecule has 0 amide bonds. The topological polar surface area (TPSA) is 86.2 Å². The van der Waals surface area contributed by atoms with Crippen LogP contribution < -0.4 is 0 Å². The molecule has 0 saturated heterocycles. The number of thiophene rings is 1. The fourth-order valence-corrected chi connectivity index (χ4v) is 3.70. The second kappa shape index (κ2) is 4.91. The van der Waals surface area contributed by atoms with E-state index in [-0.39, 0.29) is 11.3 Å². The summed E-state index contributed by atoms with van der Waals surface area (Å²) in [6.45, 7) is 0. The molecule has 2 heterocycles. The highest BCUT2D eigenvalue weighted by Crippen LogP contribution is 2.35. The molecule has 0 fully saturated rings. The van der Waals surface area contributed by atoms with Crippen molar-refractivity contribution in [2.75, 3.05) is 0 Å². The number of carbonyl (C=O) groups is 1. The largest absolute Gasteiger partial charge is 0.507 e. The van der Waals surface area contributed by atoms with Crippen LogP contribution in [0, 0.1) is 11.3 Å². The van der Waals surface area contributed by atoms with Crippen LogP contribution in [0.5, 0.6) is 5.75 Å². The molecule has 104 valence electrons. The number of aromatic nitrogens is 1. The Hall–Kier alpha value is -2.30. The first kappa shape index (κ1) is 13.7. The third kappa shape index (κ3) is 2.18. The number of fused-ring (bicyclic) bond motifs is 1. The third-order valence-corrected chi connectivity index (χ3v) is 4.70. The number of benzene rings is 1. The molecule has 0 spiro atoms. The van der Waals surface area contributed by atoms with Crippen molar-refractivity contribution < 1.29 is 15.0 Å². The Bertz CT molecular complexity index is 920. The number of hydrogen-bond donors (Lipinski definition) is 2. The summed E-state index contributed by atoms with van der Waals surface area (Å²) in [5.41, 5.74) is 0.960. The van der Waals surface area contributed by atoms with Crippen LogP contribution in [0.15, 0.2) is 34.2 Å². The van der Waals surface area contributed by atoms with E-state index in [1.54, 1.807) is 16.8 Å². The van der Waals surface area contributed by atoms with Gasteiger partial charge in [0.25, 0.3) is 0 Å². The molecule has 0 bridgehead atoms. The van der Waals surface area contributed by atoms with Gasteiger partial charge in [0.1, 0.15) is 22.2 Å². The number of aromatic hydroxyl groups is 1. The number of hydrogen-bond acceptors (Lipinski definition) is 4. The van der Waals surface area contributed by atoms with Crippen molar-refractivity contribution in [2.45, 2.75) is 0 Å². The second-order valence-electron chi connectivity index (χ2n) is 4.30. The van der Waals surface area contributed by atoms with Crippen molar-refractivity contribution in [1.29, 1.82) is 5.26 Å². The van der Waals surface area contributed by atoms with Gasteiger partial charge in [0.15, 0.2) is 0 Å². The maximum absolute atomic E-state index is 10.9. The number of carboxylic acid groups (broad SMARTS) is 1. The molecule has 0 aliphatic carbocycles. The lowest BCUT2D eigenvalue weighted by Crippen LogP contribution is -1.98. The van der Waals surface area contributed by atoms with Gasteiger partial charge in [0.05, 0.1) is 15.0 Å². The Morgan fingerprint density at radius 2 is 2.14 bits per heavy atom. The van der Waals surface area contributed by atoms with Gasteiger partial charge < -0.3 is 14.8 Å². The van der Waals surface area contributed by atoms with Crippen LogP contribution in [-0.2, 0) is 0 Å². The summed E-state index contributed by atoms with van der Waals surface area (Å²) < 4.78 is 2.65. The van der Waals surface area contributed by atoms with Crippen LogP contribution in [0.2, 0.25) is 0 Å². The molecule has 7 heteroatoms. The summed E-state index contributed by atoms with van der Waals surface area (Å²) in [5, 5.41) is 28.7. The van der Waals surface area contributed by atoms with Crippen LogP contribution in [0.1, 0.15) is 15.9 Å². The summed E-state index contributed by atoms with van der Waals surface area (Å²) in [5.74, 6) is -1.50. The Kier molecular flexibility index (Phi) is 3.20. The van der Waals surface area contributed by atoms with Gasteiger partial charge in [0.2, 0.25) is 0 Å². The summed E-state index contributed by atoms with van der Waals surface area (Å²) >= 11 is 4.84. The molecule has 1 aromatic carbocycles. The summed E-state index contributed by atoms with van der Waals surface area (Å²) in [4.78, 5) is 11.8. The molecule has 0 radical (unpaired) electrons. The Balaban J connectivity index is 2.23. The van der Waals surface area contributed by atoms with Gasteiger partial charge in [-0.2, -0.15) is 5.26 Å². The predicted molar refractivity (Wildman–Crippen MR) is 82.2 cm³/mol. The molecule has 21 heavy (non-hydrogen) atoms. The molecular formula is C14H7BrN2O3S. The summed E-state index contributed by atoms with van der Waals surface area (Å²) in [6, 6.07) is 8.30. The molecule has 0 aliphatic heterocycles. The highest BCUT2D eigenvalue weighted by atomic mass is 79.9. The highest BCUT2D eigenvalue weighted by Gasteiger charge is 2.15. The molecule has 0 atom stereocenters. The fourth-order valence-electron chi connectivity index (χ4n) is 2.11. The molecule has 5 nitrogen and oxygen atoms in total. The van der Waals surface area contributed by atoms with E-state index in [0.29, 0.717) is 11.3 Å². The minimum absolute atomic E-state index is 0.157. The standard InChI is InChI=1S/C14H7BrN2O3S/c15-12-4-10-7(5-16)6-17(13(10)21-12)8-1-2-9(14(19)20)11(18)3-8/h1-4,6,18H,(H,19,20). The Labute approximate surface area is 131 Å². The van der Waals surface area contributed by atoms with Crippen molar-refractivity contribution >= 4 is 43.5 Å². The lowest BCUT2D eigenvalue weighted by Gasteiger charge is -2.06. The van der Waals surface area contributed by atoms with E-state index in [1.165, 1.54) is 23.5 Å². The first-order chi connectivity index (χ1) is 10.0. The molecular weight excluding hydrogens is 356 g/mol.